The minimum absolute atomic E-state index is 0.00450. The molecule has 0 saturated carbocycles. The van der Waals surface area contributed by atoms with Crippen LogP contribution in [0.15, 0.2) is 60.8 Å². The van der Waals surface area contributed by atoms with Crippen LogP contribution in [0.3, 0.4) is 0 Å². The first-order valence-electron chi connectivity index (χ1n) is 7.99. The highest BCUT2D eigenvalue weighted by Crippen LogP contribution is 2.18. The van der Waals surface area contributed by atoms with Gasteiger partial charge in [0.25, 0.3) is 5.91 Å². The Morgan fingerprint density at radius 1 is 0.962 bits per heavy atom. The summed E-state index contributed by atoms with van der Waals surface area (Å²) in [5.74, 6) is -2.16. The molecule has 3 rings (SSSR count). The number of benzene rings is 2. The van der Waals surface area contributed by atoms with Crippen molar-refractivity contribution in [1.82, 2.24) is 9.97 Å². The van der Waals surface area contributed by atoms with Gasteiger partial charge >= 0.3 is 0 Å². The fourth-order valence-corrected chi connectivity index (χ4v) is 2.33. The highest BCUT2D eigenvalue weighted by atomic mass is 19.1. The molecule has 1 heterocycles. The van der Waals surface area contributed by atoms with Crippen molar-refractivity contribution in [3.8, 4) is 0 Å². The molecule has 132 valence electrons. The lowest BCUT2D eigenvalue weighted by Gasteiger charge is -2.08. The van der Waals surface area contributed by atoms with Crippen LogP contribution < -0.4 is 10.6 Å². The summed E-state index contributed by atoms with van der Waals surface area (Å²) in [6, 6.07) is 14.6. The lowest BCUT2D eigenvalue weighted by molar-refractivity contribution is 0.102. The third-order valence-corrected chi connectivity index (χ3v) is 3.63. The van der Waals surface area contributed by atoms with Gasteiger partial charge in [-0.1, -0.05) is 36.4 Å². The molecule has 3 aromatic rings. The van der Waals surface area contributed by atoms with Gasteiger partial charge in [-0.05, 0) is 30.2 Å². The Hall–Kier alpha value is -3.35. The second-order valence-corrected chi connectivity index (χ2v) is 5.48. The molecule has 2 aromatic carbocycles. The number of rotatable bonds is 6. The second kappa shape index (κ2) is 8.15. The second-order valence-electron chi connectivity index (χ2n) is 5.48. The zero-order valence-electron chi connectivity index (χ0n) is 13.7. The monoisotopic (exact) mass is 354 g/mol. The van der Waals surface area contributed by atoms with Crippen LogP contribution in [0.5, 0.6) is 0 Å². The molecule has 0 aliphatic rings. The minimum atomic E-state index is -0.853. The summed E-state index contributed by atoms with van der Waals surface area (Å²) < 4.78 is 27.3. The van der Waals surface area contributed by atoms with Crippen molar-refractivity contribution >= 4 is 17.5 Å². The molecule has 0 fully saturated rings. The number of hydrogen-bond donors (Lipinski definition) is 2. The number of aromatic nitrogens is 2. The lowest BCUT2D eigenvalue weighted by atomic mass is 10.1. The van der Waals surface area contributed by atoms with Crippen molar-refractivity contribution in [2.75, 3.05) is 17.2 Å². The average Bonchev–Trinajstić information content (AvgIpc) is 2.66. The molecule has 1 aromatic heterocycles. The maximum atomic E-state index is 13.6. The number of hydrogen-bond acceptors (Lipinski definition) is 4. The molecule has 26 heavy (non-hydrogen) atoms. The predicted octanol–water partition coefficient (Wildman–Crippen LogP) is 3.66. The normalized spacial score (nSPS) is 10.4. The Morgan fingerprint density at radius 3 is 2.42 bits per heavy atom. The summed E-state index contributed by atoms with van der Waals surface area (Å²) in [6.45, 7) is 0.580. The molecular formula is C19H16F2N4O. The highest BCUT2D eigenvalue weighted by molar-refractivity contribution is 6.03. The summed E-state index contributed by atoms with van der Waals surface area (Å²) in [7, 11) is 0. The lowest BCUT2D eigenvalue weighted by Crippen LogP contribution is -2.17. The Balaban J connectivity index is 1.64. The SMILES string of the molecule is O=C(Nc1c(F)cccc1F)c1ccnc(NCCc2ccccc2)n1. The summed E-state index contributed by atoms with van der Waals surface area (Å²) in [4.78, 5) is 20.3. The number of para-hydroxylation sites is 1. The van der Waals surface area contributed by atoms with Crippen LogP contribution in [-0.4, -0.2) is 22.4 Å². The van der Waals surface area contributed by atoms with E-state index in [1.54, 1.807) is 0 Å². The smallest absolute Gasteiger partial charge is 0.274 e. The summed E-state index contributed by atoms with van der Waals surface area (Å²) >= 11 is 0. The first kappa shape index (κ1) is 17.5. The Morgan fingerprint density at radius 2 is 1.69 bits per heavy atom. The van der Waals surface area contributed by atoms with Crippen LogP contribution in [0.25, 0.3) is 0 Å². The van der Waals surface area contributed by atoms with Crippen molar-refractivity contribution in [3.63, 3.8) is 0 Å². The largest absolute Gasteiger partial charge is 0.354 e. The van der Waals surface area contributed by atoms with Crippen molar-refractivity contribution in [3.05, 3.63) is 83.7 Å². The molecule has 0 atom stereocenters. The van der Waals surface area contributed by atoms with E-state index in [1.165, 1.54) is 18.3 Å². The van der Waals surface area contributed by atoms with Crippen molar-refractivity contribution in [1.29, 1.82) is 0 Å². The van der Waals surface area contributed by atoms with Gasteiger partial charge in [0.05, 0.1) is 0 Å². The maximum absolute atomic E-state index is 13.6. The number of anilines is 2. The molecular weight excluding hydrogens is 338 g/mol. The Bertz CT molecular complexity index is 883. The molecule has 0 spiro atoms. The van der Waals surface area contributed by atoms with Gasteiger partial charge in [0, 0.05) is 12.7 Å². The van der Waals surface area contributed by atoms with Gasteiger partial charge in [-0.3, -0.25) is 4.79 Å². The van der Waals surface area contributed by atoms with Gasteiger partial charge in [-0.15, -0.1) is 0 Å². The third kappa shape index (κ3) is 4.38. The standard InChI is InChI=1S/C19H16F2N4O/c20-14-7-4-8-15(21)17(14)25-18(26)16-10-12-23-19(24-16)22-11-9-13-5-2-1-3-6-13/h1-8,10,12H,9,11H2,(H,25,26)(H,22,23,24). The molecule has 0 radical (unpaired) electrons. The van der Waals surface area contributed by atoms with E-state index in [4.69, 9.17) is 0 Å². The van der Waals surface area contributed by atoms with E-state index in [0.717, 1.165) is 24.1 Å². The Labute approximate surface area is 149 Å². The van der Waals surface area contributed by atoms with Gasteiger partial charge < -0.3 is 10.6 Å². The fraction of sp³-hybridized carbons (Fsp3) is 0.105. The summed E-state index contributed by atoms with van der Waals surface area (Å²) in [6.07, 6.45) is 2.17. The van der Waals surface area contributed by atoms with E-state index in [1.807, 2.05) is 30.3 Å². The molecule has 0 bridgehead atoms. The van der Waals surface area contributed by atoms with Gasteiger partial charge in [0.2, 0.25) is 5.95 Å². The van der Waals surface area contributed by atoms with Gasteiger partial charge in [-0.25, -0.2) is 18.7 Å². The molecule has 0 unspecified atom stereocenters. The number of carbonyl (C=O) groups excluding carboxylic acids is 1. The number of carbonyl (C=O) groups is 1. The molecule has 7 heteroatoms. The predicted molar refractivity (Wildman–Crippen MR) is 95.0 cm³/mol. The topological polar surface area (TPSA) is 66.9 Å². The average molecular weight is 354 g/mol. The minimum Gasteiger partial charge on any atom is -0.354 e. The maximum Gasteiger partial charge on any atom is 0.274 e. The van der Waals surface area contributed by atoms with Crippen LogP contribution >= 0.6 is 0 Å². The van der Waals surface area contributed by atoms with E-state index in [0.29, 0.717) is 6.54 Å². The summed E-state index contributed by atoms with van der Waals surface area (Å²) in [5, 5.41) is 5.22. The van der Waals surface area contributed by atoms with Crippen molar-refractivity contribution in [2.24, 2.45) is 0 Å². The van der Waals surface area contributed by atoms with Crippen LogP contribution in [0.1, 0.15) is 16.1 Å². The van der Waals surface area contributed by atoms with Crippen LogP contribution in [0.4, 0.5) is 20.4 Å². The van der Waals surface area contributed by atoms with Gasteiger partial charge in [0.1, 0.15) is 23.0 Å². The molecule has 5 nitrogen and oxygen atoms in total. The number of halogens is 2. The van der Waals surface area contributed by atoms with E-state index < -0.39 is 23.2 Å². The number of amides is 1. The molecule has 2 N–H and O–H groups in total. The van der Waals surface area contributed by atoms with Crippen LogP contribution in [0, 0.1) is 11.6 Å². The van der Waals surface area contributed by atoms with Crippen molar-refractivity contribution < 1.29 is 13.6 Å². The first-order chi connectivity index (χ1) is 12.6. The molecule has 0 aliphatic carbocycles. The Kier molecular flexibility index (Phi) is 5.48. The molecule has 0 aliphatic heterocycles. The quantitative estimate of drug-likeness (QED) is 0.709. The fourth-order valence-electron chi connectivity index (χ4n) is 2.33. The first-order valence-corrected chi connectivity index (χ1v) is 7.99. The van der Waals surface area contributed by atoms with Gasteiger partial charge in [-0.2, -0.15) is 0 Å². The van der Waals surface area contributed by atoms with E-state index >= 15 is 0 Å². The molecule has 0 saturated heterocycles. The van der Waals surface area contributed by atoms with Crippen LogP contribution in [0.2, 0.25) is 0 Å². The number of nitrogens with one attached hydrogen (secondary N) is 2. The summed E-state index contributed by atoms with van der Waals surface area (Å²) in [5.41, 5.74) is 0.656. The zero-order valence-corrected chi connectivity index (χ0v) is 13.7. The third-order valence-electron chi connectivity index (χ3n) is 3.63. The van der Waals surface area contributed by atoms with Gasteiger partial charge in [0.15, 0.2) is 0 Å². The van der Waals surface area contributed by atoms with E-state index in [2.05, 4.69) is 20.6 Å². The van der Waals surface area contributed by atoms with Crippen molar-refractivity contribution in [2.45, 2.75) is 6.42 Å². The number of nitrogens with zero attached hydrogens (tertiary/aromatic N) is 2. The molecule has 1 amide bonds. The highest BCUT2D eigenvalue weighted by Gasteiger charge is 2.15. The van der Waals surface area contributed by atoms with E-state index in [-0.39, 0.29) is 11.6 Å². The van der Waals surface area contributed by atoms with Crippen LogP contribution in [-0.2, 0) is 6.42 Å². The van der Waals surface area contributed by atoms with E-state index in [9.17, 15) is 13.6 Å². The zero-order chi connectivity index (χ0) is 18.4.